The van der Waals surface area contributed by atoms with Crippen LogP contribution >= 0.6 is 12.4 Å². The van der Waals surface area contributed by atoms with Crippen molar-refractivity contribution in [3.05, 3.63) is 18.2 Å². The van der Waals surface area contributed by atoms with E-state index in [2.05, 4.69) is 10.0 Å². The maximum absolute atomic E-state index is 12.9. The Labute approximate surface area is 161 Å². The van der Waals surface area contributed by atoms with Crippen molar-refractivity contribution in [1.82, 2.24) is 9.62 Å². The number of nitrogens with zero attached hydrogens (tertiary/aromatic N) is 1. The van der Waals surface area contributed by atoms with Crippen molar-refractivity contribution in [3.8, 4) is 5.75 Å². The maximum atomic E-state index is 12.9. The first-order chi connectivity index (χ1) is 11.7. The van der Waals surface area contributed by atoms with Crippen LogP contribution < -0.4 is 14.8 Å². The zero-order valence-electron chi connectivity index (χ0n) is 15.1. The molecule has 8 nitrogen and oxygen atoms in total. The summed E-state index contributed by atoms with van der Waals surface area (Å²) in [5.41, 5.74) is 0.270. The van der Waals surface area contributed by atoms with Gasteiger partial charge in [-0.2, -0.15) is 4.31 Å². The first-order valence-electron chi connectivity index (χ1n) is 8.09. The SMILES string of the molecule is CCS(=O)(=O)Nc1ccc(S(=O)(=O)N2CCC(NC)CC2)c(OC)c1.Cl. The maximum Gasteiger partial charge on any atom is 0.246 e. The van der Waals surface area contributed by atoms with Crippen LogP contribution in [0.2, 0.25) is 0 Å². The average Bonchev–Trinajstić information content (AvgIpc) is 2.61. The Bertz CT molecular complexity index is 807. The van der Waals surface area contributed by atoms with Crippen molar-refractivity contribution >= 4 is 38.1 Å². The van der Waals surface area contributed by atoms with Crippen molar-refractivity contribution in [3.63, 3.8) is 0 Å². The Morgan fingerprint density at radius 3 is 2.31 bits per heavy atom. The van der Waals surface area contributed by atoms with Crippen molar-refractivity contribution in [2.24, 2.45) is 0 Å². The molecule has 0 aliphatic carbocycles. The molecule has 1 heterocycles. The lowest BCUT2D eigenvalue weighted by molar-refractivity contribution is 0.297. The predicted molar refractivity (Wildman–Crippen MR) is 104 cm³/mol. The molecule has 2 N–H and O–H groups in total. The number of benzene rings is 1. The highest BCUT2D eigenvalue weighted by Gasteiger charge is 2.31. The minimum absolute atomic E-state index is 0. The van der Waals surface area contributed by atoms with E-state index in [1.54, 1.807) is 0 Å². The predicted octanol–water partition coefficient (Wildman–Crippen LogP) is 1.25. The minimum Gasteiger partial charge on any atom is -0.495 e. The number of halogens is 1. The van der Waals surface area contributed by atoms with E-state index in [1.807, 2.05) is 7.05 Å². The monoisotopic (exact) mass is 427 g/mol. The summed E-state index contributed by atoms with van der Waals surface area (Å²) in [6, 6.07) is 4.52. The number of sulfonamides is 2. The highest BCUT2D eigenvalue weighted by Crippen LogP contribution is 2.31. The van der Waals surface area contributed by atoms with Gasteiger partial charge in [0.2, 0.25) is 20.0 Å². The third-order valence-corrected chi connectivity index (χ3v) is 7.54. The van der Waals surface area contributed by atoms with Gasteiger partial charge in [0, 0.05) is 25.2 Å². The largest absolute Gasteiger partial charge is 0.495 e. The summed E-state index contributed by atoms with van der Waals surface area (Å²) in [7, 11) is -3.92. The normalized spacial score (nSPS) is 16.7. The van der Waals surface area contributed by atoms with Crippen molar-refractivity contribution in [1.29, 1.82) is 0 Å². The molecule has 1 fully saturated rings. The molecule has 1 aliphatic rings. The van der Waals surface area contributed by atoms with Gasteiger partial charge in [-0.15, -0.1) is 12.4 Å². The Kier molecular flexibility index (Phi) is 8.15. The van der Waals surface area contributed by atoms with Gasteiger partial charge < -0.3 is 10.1 Å². The van der Waals surface area contributed by atoms with Crippen LogP contribution in [0.25, 0.3) is 0 Å². The summed E-state index contributed by atoms with van der Waals surface area (Å²) in [6.45, 7) is 2.38. The summed E-state index contributed by atoms with van der Waals surface area (Å²) >= 11 is 0. The Morgan fingerprint density at radius 1 is 1.19 bits per heavy atom. The Hall–Kier alpha value is -1.07. The van der Waals surface area contributed by atoms with Gasteiger partial charge in [-0.05, 0) is 38.9 Å². The molecule has 2 rings (SSSR count). The fourth-order valence-corrected chi connectivity index (χ4v) is 4.96. The van der Waals surface area contributed by atoms with E-state index in [1.165, 1.54) is 36.5 Å². The molecule has 1 aromatic rings. The van der Waals surface area contributed by atoms with E-state index in [9.17, 15) is 16.8 Å². The summed E-state index contributed by atoms with van der Waals surface area (Å²) < 4.78 is 58.2. The average molecular weight is 428 g/mol. The molecule has 0 saturated carbocycles. The van der Waals surface area contributed by atoms with Crippen molar-refractivity contribution in [2.45, 2.75) is 30.7 Å². The summed E-state index contributed by atoms with van der Waals surface area (Å²) in [4.78, 5) is 0.0392. The second kappa shape index (κ2) is 9.23. The van der Waals surface area contributed by atoms with Crippen LogP contribution in [0.5, 0.6) is 5.75 Å². The van der Waals surface area contributed by atoms with Gasteiger partial charge >= 0.3 is 0 Å². The van der Waals surface area contributed by atoms with Gasteiger partial charge in [-0.1, -0.05) is 0 Å². The molecular formula is C15H26ClN3O5S2. The van der Waals surface area contributed by atoms with Crippen LogP contribution in [0.1, 0.15) is 19.8 Å². The third kappa shape index (κ3) is 5.23. The van der Waals surface area contributed by atoms with Crippen LogP contribution in [0.15, 0.2) is 23.1 Å². The van der Waals surface area contributed by atoms with Crippen molar-refractivity contribution < 1.29 is 21.6 Å². The Morgan fingerprint density at radius 2 is 1.81 bits per heavy atom. The van der Waals surface area contributed by atoms with Crippen LogP contribution in [0.4, 0.5) is 5.69 Å². The number of piperidine rings is 1. The molecule has 150 valence electrons. The first kappa shape index (κ1) is 23.0. The zero-order valence-corrected chi connectivity index (χ0v) is 17.5. The van der Waals surface area contributed by atoms with E-state index < -0.39 is 20.0 Å². The molecule has 0 unspecified atom stereocenters. The molecule has 0 atom stereocenters. The molecule has 1 aromatic carbocycles. The number of rotatable bonds is 7. The number of hydrogen-bond acceptors (Lipinski definition) is 6. The highest BCUT2D eigenvalue weighted by molar-refractivity contribution is 7.92. The number of methoxy groups -OCH3 is 1. The van der Waals surface area contributed by atoms with Crippen LogP contribution in [0, 0.1) is 0 Å². The van der Waals surface area contributed by atoms with E-state index in [0.29, 0.717) is 19.1 Å². The van der Waals surface area contributed by atoms with E-state index in [0.717, 1.165) is 12.8 Å². The van der Waals surface area contributed by atoms with Crippen LogP contribution in [-0.4, -0.2) is 60.2 Å². The molecule has 11 heteroatoms. The minimum atomic E-state index is -3.70. The summed E-state index contributed by atoms with van der Waals surface area (Å²) in [5.74, 6) is 0.0440. The fourth-order valence-electron chi connectivity index (χ4n) is 2.72. The molecule has 0 spiro atoms. The van der Waals surface area contributed by atoms with Crippen molar-refractivity contribution in [2.75, 3.05) is 37.7 Å². The standard InChI is InChI=1S/C15H25N3O5S2.ClH/c1-4-24(19,20)17-13-5-6-15(14(11-13)23-3)25(21,22)18-9-7-12(16-2)8-10-18;/h5-6,11-12,16-17H,4,7-10H2,1-3H3;1H. The molecule has 0 amide bonds. The molecule has 0 bridgehead atoms. The van der Waals surface area contributed by atoms with E-state index in [4.69, 9.17) is 4.74 Å². The zero-order chi connectivity index (χ0) is 18.7. The summed E-state index contributed by atoms with van der Waals surface area (Å²) in [6.07, 6.45) is 1.48. The lowest BCUT2D eigenvalue weighted by Crippen LogP contribution is -2.43. The lowest BCUT2D eigenvalue weighted by atomic mass is 10.1. The van der Waals surface area contributed by atoms with E-state index in [-0.39, 0.29) is 34.5 Å². The number of hydrogen-bond donors (Lipinski definition) is 2. The molecular weight excluding hydrogens is 402 g/mol. The first-order valence-corrected chi connectivity index (χ1v) is 11.2. The van der Waals surface area contributed by atoms with Gasteiger partial charge in [0.25, 0.3) is 0 Å². The third-order valence-electron chi connectivity index (χ3n) is 4.30. The molecule has 26 heavy (non-hydrogen) atoms. The van der Waals surface area contributed by atoms with Crippen LogP contribution in [0.3, 0.4) is 0 Å². The molecule has 1 saturated heterocycles. The summed E-state index contributed by atoms with van der Waals surface area (Å²) in [5, 5.41) is 3.16. The highest BCUT2D eigenvalue weighted by atomic mass is 35.5. The number of anilines is 1. The smallest absolute Gasteiger partial charge is 0.246 e. The number of nitrogens with one attached hydrogen (secondary N) is 2. The van der Waals surface area contributed by atoms with Gasteiger partial charge in [-0.3, -0.25) is 4.72 Å². The molecule has 0 radical (unpaired) electrons. The molecule has 0 aromatic heterocycles. The number of ether oxygens (including phenoxy) is 1. The van der Waals surface area contributed by atoms with E-state index >= 15 is 0 Å². The van der Waals surface area contributed by atoms with Gasteiger partial charge in [0.05, 0.1) is 18.6 Å². The van der Waals surface area contributed by atoms with Gasteiger partial charge in [0.1, 0.15) is 10.6 Å². The fraction of sp³-hybridized carbons (Fsp3) is 0.600. The topological polar surface area (TPSA) is 105 Å². The second-order valence-electron chi connectivity index (χ2n) is 5.84. The van der Waals surface area contributed by atoms with Gasteiger partial charge in [-0.25, -0.2) is 16.8 Å². The van der Waals surface area contributed by atoms with Crippen LogP contribution in [-0.2, 0) is 20.0 Å². The molecule has 1 aliphatic heterocycles. The Balaban J connectivity index is 0.00000338. The quantitative estimate of drug-likeness (QED) is 0.678. The second-order valence-corrected chi connectivity index (χ2v) is 9.76. The lowest BCUT2D eigenvalue weighted by Gasteiger charge is -2.31. The van der Waals surface area contributed by atoms with Gasteiger partial charge in [0.15, 0.2) is 0 Å².